The summed E-state index contributed by atoms with van der Waals surface area (Å²) in [7, 11) is -3.00. The number of piperidine rings is 1. The summed E-state index contributed by atoms with van der Waals surface area (Å²) in [6.07, 6.45) is 2.95. The second-order valence-electron chi connectivity index (χ2n) is 4.86. The molecule has 15 heavy (non-hydrogen) atoms. The largest absolute Gasteiger partial charge is 0.214 e. The molecule has 2 unspecified atom stereocenters. The second kappa shape index (κ2) is 4.22. The Hall–Kier alpha value is 0.200. The van der Waals surface area contributed by atoms with E-state index in [4.69, 9.17) is 11.6 Å². The number of hydrogen-bond donors (Lipinski definition) is 0. The molecule has 1 aliphatic carbocycles. The lowest BCUT2D eigenvalue weighted by molar-refractivity contribution is 0.285. The van der Waals surface area contributed by atoms with Gasteiger partial charge in [0.05, 0.1) is 5.75 Å². The monoisotopic (exact) mass is 251 g/mol. The summed E-state index contributed by atoms with van der Waals surface area (Å²) in [6, 6.07) is 0. The normalized spacial score (nSPS) is 34.3. The minimum Gasteiger partial charge on any atom is -0.212 e. The molecular weight excluding hydrogens is 234 g/mol. The van der Waals surface area contributed by atoms with E-state index in [1.807, 2.05) is 6.92 Å². The number of rotatable bonds is 3. The van der Waals surface area contributed by atoms with Crippen molar-refractivity contribution in [3.63, 3.8) is 0 Å². The van der Waals surface area contributed by atoms with Crippen molar-refractivity contribution in [2.24, 2.45) is 11.8 Å². The smallest absolute Gasteiger partial charge is 0.212 e. The lowest BCUT2D eigenvalue weighted by Crippen LogP contribution is -2.44. The zero-order valence-corrected chi connectivity index (χ0v) is 10.6. The predicted octanol–water partition coefficient (Wildman–Crippen LogP) is 1.68. The Morgan fingerprint density at radius 1 is 1.33 bits per heavy atom. The highest BCUT2D eigenvalue weighted by atomic mass is 35.5. The van der Waals surface area contributed by atoms with E-state index in [1.165, 1.54) is 0 Å². The van der Waals surface area contributed by atoms with E-state index in [0.717, 1.165) is 19.3 Å². The molecule has 88 valence electrons. The van der Waals surface area contributed by atoms with Crippen LogP contribution in [0.5, 0.6) is 0 Å². The van der Waals surface area contributed by atoms with Gasteiger partial charge in [0.25, 0.3) is 0 Å². The molecule has 2 rings (SSSR count). The Balaban J connectivity index is 1.97. The molecule has 1 saturated carbocycles. The fraction of sp³-hybridized carbons (Fsp3) is 1.00. The fourth-order valence-electron chi connectivity index (χ4n) is 2.02. The third kappa shape index (κ3) is 2.86. The Morgan fingerprint density at radius 2 is 2.00 bits per heavy atom. The molecule has 0 aromatic rings. The van der Waals surface area contributed by atoms with Crippen molar-refractivity contribution in [3.05, 3.63) is 0 Å². The molecule has 3 nitrogen and oxygen atoms in total. The summed E-state index contributed by atoms with van der Waals surface area (Å²) in [4.78, 5) is 0. The van der Waals surface area contributed by atoms with Crippen molar-refractivity contribution in [1.82, 2.24) is 4.31 Å². The second-order valence-corrected chi connectivity index (χ2v) is 7.44. The van der Waals surface area contributed by atoms with Gasteiger partial charge in [-0.05, 0) is 31.1 Å². The molecule has 0 aromatic carbocycles. The van der Waals surface area contributed by atoms with Crippen LogP contribution in [0.25, 0.3) is 0 Å². The highest BCUT2D eigenvalue weighted by Gasteiger charge is 2.35. The third-order valence-electron chi connectivity index (χ3n) is 3.30. The highest BCUT2D eigenvalue weighted by molar-refractivity contribution is 7.89. The molecular formula is C10H18ClNO2S. The number of nitrogens with zero attached hydrogens (tertiary/aromatic N) is 1. The molecule has 2 fully saturated rings. The van der Waals surface area contributed by atoms with E-state index >= 15 is 0 Å². The lowest BCUT2D eigenvalue weighted by Gasteiger charge is -2.33. The van der Waals surface area contributed by atoms with Crippen LogP contribution in [0, 0.1) is 11.8 Å². The number of hydrogen-bond acceptors (Lipinski definition) is 2. The highest BCUT2D eigenvalue weighted by Crippen LogP contribution is 2.32. The van der Waals surface area contributed by atoms with E-state index < -0.39 is 10.0 Å². The van der Waals surface area contributed by atoms with Crippen molar-refractivity contribution in [2.45, 2.75) is 31.6 Å². The average Bonchev–Trinajstić information content (AvgIpc) is 2.92. The molecule has 5 heteroatoms. The quantitative estimate of drug-likeness (QED) is 0.716. The van der Waals surface area contributed by atoms with Gasteiger partial charge in [-0.3, -0.25) is 0 Å². The predicted molar refractivity (Wildman–Crippen MR) is 61.5 cm³/mol. The van der Waals surface area contributed by atoms with Crippen LogP contribution in [-0.4, -0.2) is 36.9 Å². The first kappa shape index (κ1) is 11.7. The van der Waals surface area contributed by atoms with Crippen LogP contribution in [0.2, 0.25) is 0 Å². The van der Waals surface area contributed by atoms with Gasteiger partial charge in [0, 0.05) is 18.5 Å². The van der Waals surface area contributed by atoms with Crippen LogP contribution in [0.1, 0.15) is 26.2 Å². The van der Waals surface area contributed by atoms with Crippen LogP contribution < -0.4 is 0 Å². The molecule has 1 heterocycles. The van der Waals surface area contributed by atoms with Gasteiger partial charge in [-0.25, -0.2) is 12.7 Å². The van der Waals surface area contributed by atoms with Gasteiger partial charge in [-0.2, -0.15) is 0 Å². The van der Waals surface area contributed by atoms with Crippen molar-refractivity contribution in [1.29, 1.82) is 0 Å². The standard InChI is InChI=1S/C10H18ClNO2S/c1-8-6-12(5-4-10(8)11)15(13,14)7-9-2-3-9/h8-10H,2-7H2,1H3. The van der Waals surface area contributed by atoms with Gasteiger partial charge < -0.3 is 0 Å². The molecule has 0 amide bonds. The van der Waals surface area contributed by atoms with Gasteiger partial charge in [0.2, 0.25) is 10.0 Å². The van der Waals surface area contributed by atoms with E-state index in [-0.39, 0.29) is 11.3 Å². The topological polar surface area (TPSA) is 37.4 Å². The summed E-state index contributed by atoms with van der Waals surface area (Å²) in [5, 5.41) is 0.136. The molecule has 0 aromatic heterocycles. The third-order valence-corrected chi connectivity index (χ3v) is 5.96. The first-order chi connectivity index (χ1) is 6.99. The Bertz CT molecular complexity index is 326. The van der Waals surface area contributed by atoms with Crippen molar-refractivity contribution >= 4 is 21.6 Å². The molecule has 0 radical (unpaired) electrons. The van der Waals surface area contributed by atoms with Gasteiger partial charge in [-0.15, -0.1) is 11.6 Å². The minimum absolute atomic E-state index is 0.136. The van der Waals surface area contributed by atoms with Crippen LogP contribution in [0.4, 0.5) is 0 Å². The summed E-state index contributed by atoms with van der Waals surface area (Å²) in [6.45, 7) is 3.23. The van der Waals surface area contributed by atoms with Gasteiger partial charge in [0.15, 0.2) is 0 Å². The van der Waals surface area contributed by atoms with Crippen molar-refractivity contribution in [2.75, 3.05) is 18.8 Å². The molecule has 0 N–H and O–H groups in total. The van der Waals surface area contributed by atoms with Crippen LogP contribution >= 0.6 is 11.6 Å². The Labute approximate surface area is 96.8 Å². The molecule has 0 spiro atoms. The summed E-state index contributed by atoms with van der Waals surface area (Å²) in [5.41, 5.74) is 0. The Morgan fingerprint density at radius 3 is 2.53 bits per heavy atom. The number of halogens is 1. The SMILES string of the molecule is CC1CN(S(=O)(=O)CC2CC2)CCC1Cl. The molecule has 1 saturated heterocycles. The maximum absolute atomic E-state index is 12.0. The average molecular weight is 252 g/mol. The number of sulfonamides is 1. The van der Waals surface area contributed by atoms with E-state index in [2.05, 4.69) is 0 Å². The summed E-state index contributed by atoms with van der Waals surface area (Å²) in [5.74, 6) is 1.06. The lowest BCUT2D eigenvalue weighted by atomic mass is 10.0. The molecule has 1 aliphatic heterocycles. The number of alkyl halides is 1. The van der Waals surface area contributed by atoms with Crippen molar-refractivity contribution in [3.8, 4) is 0 Å². The van der Waals surface area contributed by atoms with E-state index in [1.54, 1.807) is 4.31 Å². The fourth-order valence-corrected chi connectivity index (χ4v) is 4.18. The van der Waals surface area contributed by atoms with Gasteiger partial charge in [0.1, 0.15) is 0 Å². The van der Waals surface area contributed by atoms with E-state index in [9.17, 15) is 8.42 Å². The van der Waals surface area contributed by atoms with E-state index in [0.29, 0.717) is 24.8 Å². The maximum Gasteiger partial charge on any atom is 0.214 e. The summed E-state index contributed by atoms with van der Waals surface area (Å²) < 4.78 is 25.6. The van der Waals surface area contributed by atoms with Crippen LogP contribution in [0.15, 0.2) is 0 Å². The minimum atomic E-state index is -3.00. The first-order valence-corrected chi connectivity index (χ1v) is 7.65. The van der Waals surface area contributed by atoms with Crippen molar-refractivity contribution < 1.29 is 8.42 Å². The van der Waals surface area contributed by atoms with Crippen LogP contribution in [0.3, 0.4) is 0 Å². The zero-order chi connectivity index (χ0) is 11.1. The Kier molecular flexibility index (Phi) is 3.29. The van der Waals surface area contributed by atoms with Crippen LogP contribution in [-0.2, 0) is 10.0 Å². The zero-order valence-electron chi connectivity index (χ0n) is 9.02. The molecule has 2 atom stereocenters. The first-order valence-electron chi connectivity index (χ1n) is 5.61. The maximum atomic E-state index is 12.0. The van der Waals surface area contributed by atoms with Gasteiger partial charge >= 0.3 is 0 Å². The van der Waals surface area contributed by atoms with Gasteiger partial charge in [-0.1, -0.05) is 6.92 Å². The molecule has 2 aliphatic rings. The summed E-state index contributed by atoms with van der Waals surface area (Å²) >= 11 is 6.08. The molecule has 0 bridgehead atoms.